The summed E-state index contributed by atoms with van der Waals surface area (Å²) in [4.78, 5) is 24.9. The Balaban J connectivity index is 2.23. The molecule has 1 rings (SSSR count). The molecule has 1 fully saturated rings. The molecule has 2 atom stereocenters. The first-order valence-corrected chi connectivity index (χ1v) is 7.37. The number of carbonyl (C=O) groups is 2. The first kappa shape index (κ1) is 16.8. The van der Waals surface area contributed by atoms with Gasteiger partial charge in [0.05, 0.1) is 5.92 Å². The van der Waals surface area contributed by atoms with Crippen LogP contribution in [0.15, 0.2) is 0 Å². The summed E-state index contributed by atoms with van der Waals surface area (Å²) in [5, 5.41) is 14.7. The van der Waals surface area contributed by atoms with Gasteiger partial charge in [-0.25, -0.2) is 4.79 Å². The zero-order valence-electron chi connectivity index (χ0n) is 12.7. The number of likely N-dealkylation sites (N-methyl/N-ethyl adjacent to an activating group) is 1. The van der Waals surface area contributed by atoms with Gasteiger partial charge in [-0.1, -0.05) is 6.42 Å². The van der Waals surface area contributed by atoms with E-state index in [4.69, 9.17) is 5.11 Å². The Morgan fingerprint density at radius 1 is 1.35 bits per heavy atom. The highest BCUT2D eigenvalue weighted by Crippen LogP contribution is 2.24. The fourth-order valence-electron chi connectivity index (χ4n) is 2.39. The summed E-state index contributed by atoms with van der Waals surface area (Å²) in [6, 6.07) is 0.236. The zero-order chi connectivity index (χ0) is 15.1. The lowest BCUT2D eigenvalue weighted by Crippen LogP contribution is -2.46. The van der Waals surface area contributed by atoms with Gasteiger partial charge < -0.3 is 20.6 Å². The van der Waals surface area contributed by atoms with E-state index in [1.807, 2.05) is 7.05 Å². The number of carboxylic acid groups (broad SMARTS) is 1. The molecule has 116 valence electrons. The minimum atomic E-state index is -0.754. The van der Waals surface area contributed by atoms with E-state index in [9.17, 15) is 9.59 Å². The SMILES string of the molecule is CC(C)N(C)CCNC(=O)NC1CCCC(C(=O)O)C1. The van der Waals surface area contributed by atoms with Crippen LogP contribution in [0.5, 0.6) is 0 Å². The molecule has 0 aromatic heterocycles. The monoisotopic (exact) mass is 285 g/mol. The van der Waals surface area contributed by atoms with Crippen LogP contribution in [0.25, 0.3) is 0 Å². The van der Waals surface area contributed by atoms with Crippen LogP contribution < -0.4 is 10.6 Å². The summed E-state index contributed by atoms with van der Waals surface area (Å²) in [6.45, 7) is 5.60. The average Bonchev–Trinajstić information content (AvgIpc) is 2.38. The summed E-state index contributed by atoms with van der Waals surface area (Å²) in [5.41, 5.74) is 0. The van der Waals surface area contributed by atoms with Crippen molar-refractivity contribution in [2.75, 3.05) is 20.1 Å². The summed E-state index contributed by atoms with van der Waals surface area (Å²) in [7, 11) is 2.02. The van der Waals surface area contributed by atoms with Crippen LogP contribution >= 0.6 is 0 Å². The van der Waals surface area contributed by atoms with Gasteiger partial charge in [0.2, 0.25) is 0 Å². The van der Waals surface area contributed by atoms with Crippen molar-refractivity contribution in [3.05, 3.63) is 0 Å². The molecule has 1 aliphatic carbocycles. The van der Waals surface area contributed by atoms with Gasteiger partial charge in [-0.05, 0) is 40.2 Å². The van der Waals surface area contributed by atoms with E-state index >= 15 is 0 Å². The molecule has 6 nitrogen and oxygen atoms in total. The van der Waals surface area contributed by atoms with Crippen LogP contribution in [0, 0.1) is 5.92 Å². The van der Waals surface area contributed by atoms with Crippen molar-refractivity contribution < 1.29 is 14.7 Å². The second-order valence-electron chi connectivity index (χ2n) is 5.87. The standard InChI is InChI=1S/C14H27N3O3/c1-10(2)17(3)8-7-15-14(20)16-12-6-4-5-11(9-12)13(18)19/h10-12H,4-9H2,1-3H3,(H,18,19)(H2,15,16,20). The molecule has 0 spiro atoms. The van der Waals surface area contributed by atoms with E-state index < -0.39 is 5.97 Å². The number of carbonyl (C=O) groups excluding carboxylic acids is 1. The molecule has 0 radical (unpaired) electrons. The fourth-order valence-corrected chi connectivity index (χ4v) is 2.39. The smallest absolute Gasteiger partial charge is 0.315 e. The van der Waals surface area contributed by atoms with E-state index in [1.54, 1.807) is 0 Å². The highest BCUT2D eigenvalue weighted by Gasteiger charge is 2.27. The Bertz CT molecular complexity index is 334. The number of rotatable bonds is 6. The molecular weight excluding hydrogens is 258 g/mol. The van der Waals surface area contributed by atoms with E-state index in [-0.39, 0.29) is 18.0 Å². The summed E-state index contributed by atoms with van der Waals surface area (Å²) in [6.07, 6.45) is 2.98. The molecule has 2 amide bonds. The van der Waals surface area contributed by atoms with Gasteiger partial charge in [0.15, 0.2) is 0 Å². The van der Waals surface area contributed by atoms with Crippen LogP contribution in [0.3, 0.4) is 0 Å². The van der Waals surface area contributed by atoms with E-state index in [0.29, 0.717) is 25.4 Å². The maximum absolute atomic E-state index is 11.8. The van der Waals surface area contributed by atoms with Crippen molar-refractivity contribution in [1.82, 2.24) is 15.5 Å². The molecule has 1 saturated carbocycles. The van der Waals surface area contributed by atoms with Crippen LogP contribution in [0.4, 0.5) is 4.79 Å². The van der Waals surface area contributed by atoms with Crippen molar-refractivity contribution in [2.24, 2.45) is 5.92 Å². The Hall–Kier alpha value is -1.30. The lowest BCUT2D eigenvalue weighted by atomic mass is 9.86. The lowest BCUT2D eigenvalue weighted by molar-refractivity contribution is -0.143. The largest absolute Gasteiger partial charge is 0.481 e. The Labute approximate surface area is 120 Å². The number of aliphatic carboxylic acids is 1. The minimum absolute atomic E-state index is 0.0207. The van der Waals surface area contributed by atoms with Gasteiger partial charge in [-0.2, -0.15) is 0 Å². The fraction of sp³-hybridized carbons (Fsp3) is 0.857. The molecule has 0 saturated heterocycles. The zero-order valence-corrected chi connectivity index (χ0v) is 12.7. The van der Waals surface area contributed by atoms with Gasteiger partial charge >= 0.3 is 12.0 Å². The minimum Gasteiger partial charge on any atom is -0.481 e. The number of nitrogens with zero attached hydrogens (tertiary/aromatic N) is 1. The van der Waals surface area contributed by atoms with E-state index in [2.05, 4.69) is 29.4 Å². The van der Waals surface area contributed by atoms with Crippen LogP contribution in [0.2, 0.25) is 0 Å². The Kier molecular flexibility index (Phi) is 6.78. The quantitative estimate of drug-likeness (QED) is 0.686. The van der Waals surface area contributed by atoms with Gasteiger partial charge in [0, 0.05) is 25.2 Å². The lowest BCUT2D eigenvalue weighted by Gasteiger charge is -2.27. The molecule has 2 unspecified atom stereocenters. The maximum atomic E-state index is 11.8. The Morgan fingerprint density at radius 2 is 2.05 bits per heavy atom. The van der Waals surface area contributed by atoms with Crippen molar-refractivity contribution >= 4 is 12.0 Å². The van der Waals surface area contributed by atoms with Crippen LogP contribution in [-0.2, 0) is 4.79 Å². The maximum Gasteiger partial charge on any atom is 0.315 e. The molecule has 0 heterocycles. The van der Waals surface area contributed by atoms with Crippen LogP contribution in [0.1, 0.15) is 39.5 Å². The average molecular weight is 285 g/mol. The summed E-state index contributed by atoms with van der Waals surface area (Å²) < 4.78 is 0. The van der Waals surface area contributed by atoms with Crippen molar-refractivity contribution in [1.29, 1.82) is 0 Å². The highest BCUT2D eigenvalue weighted by atomic mass is 16.4. The number of nitrogens with one attached hydrogen (secondary N) is 2. The van der Waals surface area contributed by atoms with Gasteiger partial charge in [0.25, 0.3) is 0 Å². The summed E-state index contributed by atoms with van der Waals surface area (Å²) >= 11 is 0. The molecular formula is C14H27N3O3. The summed E-state index contributed by atoms with van der Waals surface area (Å²) in [5.74, 6) is -1.07. The Morgan fingerprint density at radius 3 is 2.65 bits per heavy atom. The van der Waals surface area contributed by atoms with Crippen molar-refractivity contribution in [3.63, 3.8) is 0 Å². The molecule has 0 aliphatic heterocycles. The first-order chi connectivity index (χ1) is 9.40. The van der Waals surface area contributed by atoms with Gasteiger partial charge in [-0.15, -0.1) is 0 Å². The molecule has 0 bridgehead atoms. The molecule has 20 heavy (non-hydrogen) atoms. The number of urea groups is 1. The van der Waals surface area contributed by atoms with E-state index in [1.165, 1.54) is 0 Å². The number of amides is 2. The number of hydrogen-bond donors (Lipinski definition) is 3. The van der Waals surface area contributed by atoms with Gasteiger partial charge in [-0.3, -0.25) is 4.79 Å². The predicted octanol–water partition coefficient (Wildman–Crippen LogP) is 1.27. The first-order valence-electron chi connectivity index (χ1n) is 7.37. The normalized spacial score (nSPS) is 22.9. The number of hydrogen-bond acceptors (Lipinski definition) is 3. The molecule has 0 aromatic rings. The molecule has 6 heteroatoms. The third kappa shape index (κ3) is 5.77. The molecule has 0 aromatic carbocycles. The van der Waals surface area contributed by atoms with Crippen molar-refractivity contribution in [3.8, 4) is 0 Å². The predicted molar refractivity (Wildman–Crippen MR) is 77.7 cm³/mol. The van der Waals surface area contributed by atoms with Crippen LogP contribution in [-0.4, -0.2) is 54.2 Å². The second kappa shape index (κ2) is 8.09. The highest BCUT2D eigenvalue weighted by molar-refractivity contribution is 5.74. The third-order valence-electron chi connectivity index (χ3n) is 3.99. The third-order valence-corrected chi connectivity index (χ3v) is 3.99. The molecule has 1 aliphatic rings. The second-order valence-corrected chi connectivity index (χ2v) is 5.87. The van der Waals surface area contributed by atoms with E-state index in [0.717, 1.165) is 19.4 Å². The molecule has 3 N–H and O–H groups in total. The number of carboxylic acids is 1. The topological polar surface area (TPSA) is 81.7 Å². The van der Waals surface area contributed by atoms with Gasteiger partial charge in [0.1, 0.15) is 0 Å². The van der Waals surface area contributed by atoms with Crippen molar-refractivity contribution in [2.45, 2.75) is 51.6 Å².